The minimum absolute atomic E-state index is 0.0481. The van der Waals surface area contributed by atoms with Gasteiger partial charge in [-0.2, -0.15) is 9.37 Å². The van der Waals surface area contributed by atoms with Gasteiger partial charge in [-0.25, -0.2) is 4.79 Å². The molecule has 1 fully saturated rings. The Bertz CT molecular complexity index is 403. The van der Waals surface area contributed by atoms with Crippen LogP contribution in [0, 0.1) is 5.95 Å². The van der Waals surface area contributed by atoms with Gasteiger partial charge >= 0.3 is 5.97 Å². The zero-order valence-electron chi connectivity index (χ0n) is 7.61. The van der Waals surface area contributed by atoms with Crippen LogP contribution in [-0.4, -0.2) is 33.3 Å². The predicted molar refractivity (Wildman–Crippen MR) is 51.2 cm³/mol. The molecule has 1 aromatic rings. The summed E-state index contributed by atoms with van der Waals surface area (Å²) in [7, 11) is 0. The van der Waals surface area contributed by atoms with Gasteiger partial charge in [0.25, 0.3) is 0 Å². The van der Waals surface area contributed by atoms with Crippen LogP contribution in [0.3, 0.4) is 0 Å². The molecule has 1 unspecified atom stereocenters. The molecule has 5 nitrogen and oxygen atoms in total. The molecule has 0 radical (unpaired) electrons. The monoisotopic (exact) mass is 278 g/mol. The Hall–Kier alpha value is -0.950. The summed E-state index contributed by atoms with van der Waals surface area (Å²) < 4.78 is 19.7. The number of hydrogen-bond acceptors (Lipinski definition) is 3. The van der Waals surface area contributed by atoms with Crippen molar-refractivity contribution in [3.8, 4) is 0 Å². The van der Waals surface area contributed by atoms with Gasteiger partial charge in [0.1, 0.15) is 0 Å². The predicted octanol–water partition coefficient (Wildman–Crippen LogP) is 1.27. The second-order valence-corrected chi connectivity index (χ2v) is 3.93. The van der Waals surface area contributed by atoms with Gasteiger partial charge in [0.2, 0.25) is 5.95 Å². The highest BCUT2D eigenvalue weighted by Gasteiger charge is 2.26. The molecular formula is C8H8BrFN2O3. The van der Waals surface area contributed by atoms with Gasteiger partial charge in [0.05, 0.1) is 12.6 Å². The molecule has 15 heavy (non-hydrogen) atoms. The van der Waals surface area contributed by atoms with Gasteiger partial charge in [0, 0.05) is 6.61 Å². The second-order valence-electron chi connectivity index (χ2n) is 3.22. The van der Waals surface area contributed by atoms with Crippen LogP contribution in [0.2, 0.25) is 0 Å². The van der Waals surface area contributed by atoms with Gasteiger partial charge in [-0.15, -0.1) is 0 Å². The highest BCUT2D eigenvalue weighted by atomic mass is 79.9. The Balaban J connectivity index is 2.30. The number of aromatic carboxylic acids is 1. The van der Waals surface area contributed by atoms with Crippen molar-refractivity contribution in [3.63, 3.8) is 0 Å². The lowest BCUT2D eigenvalue weighted by atomic mass is 10.2. The number of hydrogen-bond donors (Lipinski definition) is 1. The van der Waals surface area contributed by atoms with E-state index in [4.69, 9.17) is 9.84 Å². The number of carbonyl (C=O) groups is 1. The van der Waals surface area contributed by atoms with Crippen LogP contribution in [0.15, 0.2) is 4.73 Å². The first-order valence-corrected chi connectivity index (χ1v) is 5.15. The molecular weight excluding hydrogens is 271 g/mol. The number of rotatable bonds is 3. The van der Waals surface area contributed by atoms with Crippen molar-refractivity contribution >= 4 is 21.9 Å². The van der Waals surface area contributed by atoms with Crippen LogP contribution < -0.4 is 0 Å². The van der Waals surface area contributed by atoms with Crippen LogP contribution in [0.4, 0.5) is 4.39 Å². The minimum atomic E-state index is -1.33. The molecule has 0 aliphatic carbocycles. The Morgan fingerprint density at radius 2 is 2.47 bits per heavy atom. The highest BCUT2D eigenvalue weighted by molar-refractivity contribution is 9.10. The van der Waals surface area contributed by atoms with Gasteiger partial charge < -0.3 is 14.4 Å². The maximum absolute atomic E-state index is 13.1. The Morgan fingerprint density at radius 1 is 1.80 bits per heavy atom. The molecule has 1 aliphatic rings. The van der Waals surface area contributed by atoms with Crippen molar-refractivity contribution in [2.75, 3.05) is 6.61 Å². The van der Waals surface area contributed by atoms with Crippen LogP contribution in [0.25, 0.3) is 0 Å². The normalized spacial score (nSPS) is 20.0. The van der Waals surface area contributed by atoms with E-state index in [2.05, 4.69) is 20.9 Å². The number of nitrogens with zero attached hydrogens (tertiary/aromatic N) is 2. The fourth-order valence-electron chi connectivity index (χ4n) is 1.40. The highest BCUT2D eigenvalue weighted by Crippen LogP contribution is 2.20. The number of halogens is 2. The van der Waals surface area contributed by atoms with Gasteiger partial charge in [-0.3, -0.25) is 0 Å². The molecule has 1 aliphatic heterocycles. The van der Waals surface area contributed by atoms with Crippen LogP contribution in [-0.2, 0) is 11.3 Å². The zero-order valence-corrected chi connectivity index (χ0v) is 9.20. The van der Waals surface area contributed by atoms with E-state index >= 15 is 0 Å². The lowest BCUT2D eigenvalue weighted by Crippen LogP contribution is -2.32. The zero-order chi connectivity index (χ0) is 11.0. The van der Waals surface area contributed by atoms with E-state index < -0.39 is 17.6 Å². The average molecular weight is 279 g/mol. The summed E-state index contributed by atoms with van der Waals surface area (Å²) in [6, 6.07) is 0. The van der Waals surface area contributed by atoms with Gasteiger partial charge in [-0.05, 0) is 22.4 Å². The first kappa shape index (κ1) is 10.6. The molecule has 2 heterocycles. The number of ether oxygens (including phenoxy) is 1. The summed E-state index contributed by atoms with van der Waals surface area (Å²) in [5.41, 5.74) is -0.433. The molecule has 0 spiro atoms. The average Bonchev–Trinajstić information content (AvgIpc) is 2.33. The molecule has 1 saturated heterocycles. The molecule has 1 atom stereocenters. The van der Waals surface area contributed by atoms with E-state index in [1.54, 1.807) is 0 Å². The SMILES string of the molecule is O=C(O)c1c(F)nc(Br)n1CC1CCO1. The van der Waals surface area contributed by atoms with Gasteiger partial charge in [0.15, 0.2) is 10.4 Å². The van der Waals surface area contributed by atoms with Crippen molar-refractivity contribution in [1.29, 1.82) is 0 Å². The molecule has 7 heteroatoms. The minimum Gasteiger partial charge on any atom is -0.476 e. The lowest BCUT2D eigenvalue weighted by molar-refractivity contribution is -0.0598. The molecule has 0 bridgehead atoms. The molecule has 0 aromatic carbocycles. The van der Waals surface area contributed by atoms with E-state index in [1.807, 2.05) is 0 Å². The second kappa shape index (κ2) is 3.90. The summed E-state index contributed by atoms with van der Waals surface area (Å²) in [4.78, 5) is 14.2. The van der Waals surface area contributed by atoms with E-state index in [0.29, 0.717) is 13.2 Å². The molecule has 0 saturated carbocycles. The summed E-state index contributed by atoms with van der Waals surface area (Å²) in [6.07, 6.45) is 0.804. The largest absolute Gasteiger partial charge is 0.476 e. The summed E-state index contributed by atoms with van der Waals surface area (Å²) >= 11 is 3.01. The fourth-order valence-corrected chi connectivity index (χ4v) is 1.88. The number of carboxylic acids is 1. The van der Waals surface area contributed by atoms with E-state index in [1.165, 1.54) is 4.57 Å². The third-order valence-corrected chi connectivity index (χ3v) is 2.87. The van der Waals surface area contributed by atoms with E-state index in [-0.39, 0.29) is 10.8 Å². The maximum Gasteiger partial charge on any atom is 0.357 e. The van der Waals surface area contributed by atoms with Crippen molar-refractivity contribution in [2.24, 2.45) is 0 Å². The van der Waals surface area contributed by atoms with Crippen LogP contribution >= 0.6 is 15.9 Å². The topological polar surface area (TPSA) is 64.3 Å². The third kappa shape index (κ3) is 1.89. The Labute approximate surface area is 93.0 Å². The fraction of sp³-hybridized carbons (Fsp3) is 0.500. The lowest BCUT2D eigenvalue weighted by Gasteiger charge is -2.27. The van der Waals surface area contributed by atoms with E-state index in [9.17, 15) is 9.18 Å². The molecule has 1 N–H and O–H groups in total. The molecule has 0 amide bonds. The smallest absolute Gasteiger partial charge is 0.357 e. The molecule has 1 aromatic heterocycles. The summed E-state index contributed by atoms with van der Waals surface area (Å²) in [5, 5.41) is 8.80. The van der Waals surface area contributed by atoms with Gasteiger partial charge in [-0.1, -0.05) is 0 Å². The first-order chi connectivity index (χ1) is 7.09. The maximum atomic E-state index is 13.1. The van der Waals surface area contributed by atoms with Crippen molar-refractivity contribution in [1.82, 2.24) is 9.55 Å². The summed E-state index contributed by atoms with van der Waals surface area (Å²) in [5.74, 6) is -2.31. The Kier molecular flexibility index (Phi) is 2.74. The third-order valence-electron chi connectivity index (χ3n) is 2.26. The standard InChI is InChI=1S/C8H8BrFN2O3/c9-8-11-6(10)5(7(13)14)12(8)3-4-1-2-15-4/h4H,1-3H2,(H,13,14). The van der Waals surface area contributed by atoms with Crippen molar-refractivity contribution < 1.29 is 19.0 Å². The molecule has 2 rings (SSSR count). The van der Waals surface area contributed by atoms with E-state index in [0.717, 1.165) is 6.42 Å². The number of imidazole rings is 1. The quantitative estimate of drug-likeness (QED) is 0.905. The van der Waals surface area contributed by atoms with Crippen molar-refractivity contribution in [3.05, 3.63) is 16.4 Å². The Morgan fingerprint density at radius 3 is 2.93 bits per heavy atom. The molecule has 82 valence electrons. The first-order valence-electron chi connectivity index (χ1n) is 4.36. The van der Waals surface area contributed by atoms with Crippen LogP contribution in [0.1, 0.15) is 16.9 Å². The number of carboxylic acid groups (broad SMARTS) is 1. The summed E-state index contributed by atoms with van der Waals surface area (Å²) in [6.45, 7) is 0.973. The van der Waals surface area contributed by atoms with Crippen LogP contribution in [0.5, 0.6) is 0 Å². The van der Waals surface area contributed by atoms with Crippen molar-refractivity contribution in [2.45, 2.75) is 19.1 Å². The number of aromatic nitrogens is 2.